The monoisotopic (exact) mass is 178 g/mol. The lowest BCUT2D eigenvalue weighted by Crippen LogP contribution is -1.67. The molecule has 0 nitrogen and oxygen atoms in total. The van der Waals surface area contributed by atoms with Gasteiger partial charge in [-0.15, -0.1) is 11.3 Å². The van der Waals surface area contributed by atoms with Crippen molar-refractivity contribution in [3.8, 4) is 0 Å². The summed E-state index contributed by atoms with van der Waals surface area (Å²) in [6.07, 6.45) is 0. The van der Waals surface area contributed by atoms with Crippen molar-refractivity contribution in [1.29, 1.82) is 0 Å². The van der Waals surface area contributed by atoms with Crippen molar-refractivity contribution in [3.63, 3.8) is 0 Å². The first kappa shape index (κ1) is 6.95. The first-order valence-electron chi connectivity index (χ1n) is 3.34. The molecule has 11 heavy (non-hydrogen) atoms. The maximum atomic E-state index is 5.16. The molecule has 0 aliphatic heterocycles. The zero-order valence-corrected chi connectivity index (χ0v) is 7.41. The van der Waals surface area contributed by atoms with Gasteiger partial charge in [0.25, 0.3) is 0 Å². The van der Waals surface area contributed by atoms with E-state index in [1.54, 1.807) is 11.3 Å². The maximum absolute atomic E-state index is 5.16. The van der Waals surface area contributed by atoms with Crippen molar-refractivity contribution in [1.82, 2.24) is 0 Å². The Bertz CT molecular complexity index is 423. The molecule has 0 fully saturated rings. The lowest BCUT2D eigenvalue weighted by Gasteiger charge is -1.92. The Kier molecular flexibility index (Phi) is 1.72. The van der Waals surface area contributed by atoms with Gasteiger partial charge in [-0.1, -0.05) is 30.4 Å². The molecule has 2 aromatic rings. The van der Waals surface area contributed by atoms with E-state index in [0.29, 0.717) is 0 Å². The van der Waals surface area contributed by atoms with E-state index in [1.165, 1.54) is 10.1 Å². The van der Waals surface area contributed by atoms with Crippen molar-refractivity contribution in [2.45, 2.75) is 0 Å². The fraction of sp³-hybridized carbons (Fsp3) is 0. The van der Waals surface area contributed by atoms with E-state index in [1.807, 2.05) is 23.6 Å². The fourth-order valence-corrected chi connectivity index (χ4v) is 2.24. The molecule has 1 aromatic carbocycles. The molecule has 1 aromatic heterocycles. The largest absolute Gasteiger partial charge is 0.144 e. The topological polar surface area (TPSA) is 0 Å². The van der Waals surface area contributed by atoms with Gasteiger partial charge in [0.05, 0.1) is 0 Å². The molecular formula is C9H6S2. The average Bonchev–Trinajstić information content (AvgIpc) is 2.06. The van der Waals surface area contributed by atoms with Gasteiger partial charge < -0.3 is 0 Å². The van der Waals surface area contributed by atoms with Gasteiger partial charge in [0.1, 0.15) is 0 Å². The summed E-state index contributed by atoms with van der Waals surface area (Å²) in [4.78, 5) is 0. The second-order valence-electron chi connectivity index (χ2n) is 2.28. The molecule has 0 amide bonds. The third-order valence-electron chi connectivity index (χ3n) is 1.57. The lowest BCUT2D eigenvalue weighted by molar-refractivity contribution is 1.81. The van der Waals surface area contributed by atoms with Gasteiger partial charge in [-0.2, -0.15) is 0 Å². The summed E-state index contributed by atoms with van der Waals surface area (Å²) in [6, 6.07) is 10.2. The van der Waals surface area contributed by atoms with Crippen LogP contribution in [0.5, 0.6) is 0 Å². The Morgan fingerprint density at radius 3 is 2.73 bits per heavy atom. The van der Waals surface area contributed by atoms with Crippen molar-refractivity contribution in [2.24, 2.45) is 0 Å². The molecule has 0 aliphatic rings. The zero-order valence-electron chi connectivity index (χ0n) is 5.78. The number of rotatable bonds is 0. The van der Waals surface area contributed by atoms with Gasteiger partial charge in [-0.3, -0.25) is 0 Å². The number of hydrogen-bond donors (Lipinski definition) is 0. The molecule has 0 N–H and O–H groups in total. The van der Waals surface area contributed by atoms with E-state index in [-0.39, 0.29) is 0 Å². The van der Waals surface area contributed by atoms with Gasteiger partial charge in [0.2, 0.25) is 0 Å². The number of hydrogen-bond acceptors (Lipinski definition) is 2. The Hall–Kier alpha value is -0.730. The molecular weight excluding hydrogens is 172 g/mol. The molecule has 0 bridgehead atoms. The van der Waals surface area contributed by atoms with Gasteiger partial charge in [-0.25, -0.2) is 0 Å². The quantitative estimate of drug-likeness (QED) is 0.555. The molecule has 2 rings (SSSR count). The summed E-state index contributed by atoms with van der Waals surface area (Å²) in [5.41, 5.74) is 0. The highest BCUT2D eigenvalue weighted by Crippen LogP contribution is 2.18. The highest BCUT2D eigenvalue weighted by atomic mass is 32.1. The van der Waals surface area contributed by atoms with Gasteiger partial charge in [0, 0.05) is 14.6 Å². The van der Waals surface area contributed by atoms with Crippen LogP contribution in [0.1, 0.15) is 0 Å². The Balaban J connectivity index is 3.03. The van der Waals surface area contributed by atoms with E-state index in [2.05, 4.69) is 12.1 Å². The second kappa shape index (κ2) is 2.72. The van der Waals surface area contributed by atoms with E-state index in [4.69, 9.17) is 12.2 Å². The summed E-state index contributed by atoms with van der Waals surface area (Å²) in [6.45, 7) is 0. The summed E-state index contributed by atoms with van der Waals surface area (Å²) in [5, 5.41) is 3.22. The van der Waals surface area contributed by atoms with Crippen LogP contribution in [0.4, 0.5) is 0 Å². The molecule has 0 saturated heterocycles. The molecule has 0 saturated carbocycles. The van der Waals surface area contributed by atoms with E-state index >= 15 is 0 Å². The Morgan fingerprint density at radius 1 is 1.09 bits per heavy atom. The van der Waals surface area contributed by atoms with E-state index in [9.17, 15) is 0 Å². The minimum atomic E-state index is 0.944. The Morgan fingerprint density at radius 2 is 1.91 bits per heavy atom. The van der Waals surface area contributed by atoms with Crippen LogP contribution in [-0.4, -0.2) is 0 Å². The average molecular weight is 178 g/mol. The molecule has 0 unspecified atom stereocenters. The first-order valence-corrected chi connectivity index (χ1v) is 4.63. The van der Waals surface area contributed by atoms with Crippen molar-refractivity contribution in [2.75, 3.05) is 0 Å². The first-order chi connectivity index (χ1) is 5.38. The summed E-state index contributed by atoms with van der Waals surface area (Å²) >= 11 is 6.88. The predicted octanol–water partition coefficient (Wildman–Crippen LogP) is 3.63. The highest BCUT2D eigenvalue weighted by molar-refractivity contribution is 7.71. The zero-order chi connectivity index (χ0) is 7.68. The number of benzene rings is 1. The third kappa shape index (κ3) is 1.19. The standard InChI is InChI=1S/C9H6S2/c10-8-5-6-11-9-4-2-1-3-7(8)9/h1-6H. The van der Waals surface area contributed by atoms with Crippen LogP contribution in [0.3, 0.4) is 0 Å². The molecule has 0 atom stereocenters. The Labute approximate surface area is 74.1 Å². The van der Waals surface area contributed by atoms with Gasteiger partial charge >= 0.3 is 0 Å². The molecule has 0 aliphatic carbocycles. The van der Waals surface area contributed by atoms with Crippen molar-refractivity contribution in [3.05, 3.63) is 40.2 Å². The normalized spacial score (nSPS) is 10.2. The molecule has 2 heteroatoms. The van der Waals surface area contributed by atoms with Crippen LogP contribution in [-0.2, 0) is 0 Å². The fourth-order valence-electron chi connectivity index (χ4n) is 1.03. The molecule has 0 radical (unpaired) electrons. The minimum Gasteiger partial charge on any atom is -0.144 e. The smallest absolute Gasteiger partial charge is 0.0471 e. The maximum Gasteiger partial charge on any atom is 0.0471 e. The summed E-state index contributed by atoms with van der Waals surface area (Å²) < 4.78 is 2.21. The molecule has 0 spiro atoms. The van der Waals surface area contributed by atoms with Gasteiger partial charge in [-0.05, 0) is 17.5 Å². The SMILES string of the molecule is S=c1ccsc2ccccc12. The van der Waals surface area contributed by atoms with Crippen LogP contribution in [0, 0.1) is 4.51 Å². The second-order valence-corrected chi connectivity index (χ2v) is 3.67. The molecule has 1 heterocycles. The summed E-state index contributed by atoms with van der Waals surface area (Å²) in [7, 11) is 0. The minimum absolute atomic E-state index is 0.944. The lowest BCUT2D eigenvalue weighted by atomic mass is 10.2. The van der Waals surface area contributed by atoms with Gasteiger partial charge in [0.15, 0.2) is 0 Å². The van der Waals surface area contributed by atoms with Crippen LogP contribution < -0.4 is 0 Å². The highest BCUT2D eigenvalue weighted by Gasteiger charge is 1.90. The van der Waals surface area contributed by atoms with Crippen LogP contribution in [0.2, 0.25) is 0 Å². The van der Waals surface area contributed by atoms with Crippen molar-refractivity contribution >= 4 is 33.6 Å². The van der Waals surface area contributed by atoms with Crippen molar-refractivity contribution < 1.29 is 0 Å². The predicted molar refractivity (Wildman–Crippen MR) is 52.7 cm³/mol. The van der Waals surface area contributed by atoms with Crippen LogP contribution in [0.15, 0.2) is 35.7 Å². The van der Waals surface area contributed by atoms with E-state index < -0.39 is 0 Å². The number of fused-ring (bicyclic) bond motifs is 1. The molecule has 54 valence electrons. The third-order valence-corrected chi connectivity index (χ3v) is 2.81. The summed E-state index contributed by atoms with van der Waals surface area (Å²) in [5.74, 6) is 0. The van der Waals surface area contributed by atoms with E-state index in [0.717, 1.165) is 4.51 Å². The van der Waals surface area contributed by atoms with Crippen LogP contribution >= 0.6 is 23.6 Å². The van der Waals surface area contributed by atoms with Crippen LogP contribution in [0.25, 0.3) is 10.1 Å².